The van der Waals surface area contributed by atoms with Gasteiger partial charge in [0.25, 0.3) is 5.91 Å². The van der Waals surface area contributed by atoms with E-state index in [9.17, 15) is 4.79 Å². The van der Waals surface area contributed by atoms with E-state index in [4.69, 9.17) is 0 Å². The SMILES string of the molecule is CCn1ccc(C(=O)N2CCc3c(nc(N(C)C)nc3N(C)C)C2)n1. The topological polar surface area (TPSA) is 70.4 Å². The Hall–Kier alpha value is -2.64. The highest BCUT2D eigenvalue weighted by Gasteiger charge is 2.27. The van der Waals surface area contributed by atoms with E-state index in [1.807, 2.05) is 56.0 Å². The van der Waals surface area contributed by atoms with Gasteiger partial charge in [-0.15, -0.1) is 0 Å². The Morgan fingerprint density at radius 1 is 1.20 bits per heavy atom. The summed E-state index contributed by atoms with van der Waals surface area (Å²) >= 11 is 0. The molecule has 0 saturated carbocycles. The van der Waals surface area contributed by atoms with Crippen LogP contribution in [-0.2, 0) is 19.5 Å². The van der Waals surface area contributed by atoms with Crippen LogP contribution in [0.25, 0.3) is 0 Å². The Labute approximate surface area is 148 Å². The first-order valence-electron chi connectivity index (χ1n) is 8.47. The molecule has 0 radical (unpaired) electrons. The Morgan fingerprint density at radius 3 is 2.56 bits per heavy atom. The summed E-state index contributed by atoms with van der Waals surface area (Å²) in [5, 5.41) is 4.33. The van der Waals surface area contributed by atoms with Crippen molar-refractivity contribution in [3.63, 3.8) is 0 Å². The third kappa shape index (κ3) is 3.29. The molecule has 0 aliphatic carbocycles. The number of hydrogen-bond donors (Lipinski definition) is 0. The van der Waals surface area contributed by atoms with Crippen molar-refractivity contribution in [1.82, 2.24) is 24.6 Å². The number of nitrogens with zero attached hydrogens (tertiary/aromatic N) is 7. The summed E-state index contributed by atoms with van der Waals surface area (Å²) in [5.41, 5.74) is 2.52. The minimum atomic E-state index is -0.0470. The maximum Gasteiger partial charge on any atom is 0.274 e. The maximum absolute atomic E-state index is 12.8. The van der Waals surface area contributed by atoms with Crippen LogP contribution in [0.4, 0.5) is 11.8 Å². The van der Waals surface area contributed by atoms with Crippen LogP contribution < -0.4 is 9.80 Å². The van der Waals surface area contributed by atoms with Crippen LogP contribution in [0, 0.1) is 0 Å². The third-order valence-corrected chi connectivity index (χ3v) is 4.33. The summed E-state index contributed by atoms with van der Waals surface area (Å²) in [6.07, 6.45) is 2.58. The van der Waals surface area contributed by atoms with Crippen molar-refractivity contribution >= 4 is 17.7 Å². The van der Waals surface area contributed by atoms with Gasteiger partial charge in [0.1, 0.15) is 11.5 Å². The number of rotatable bonds is 4. The molecule has 1 aliphatic rings. The Balaban J connectivity index is 1.90. The summed E-state index contributed by atoms with van der Waals surface area (Å²) in [5.74, 6) is 1.54. The zero-order valence-corrected chi connectivity index (χ0v) is 15.5. The van der Waals surface area contributed by atoms with E-state index in [2.05, 4.69) is 15.1 Å². The molecule has 3 rings (SSSR count). The molecule has 134 valence electrons. The fourth-order valence-electron chi connectivity index (χ4n) is 2.96. The average molecular weight is 343 g/mol. The largest absolute Gasteiger partial charge is 0.362 e. The number of carbonyl (C=O) groups is 1. The second-order valence-corrected chi connectivity index (χ2v) is 6.59. The number of amides is 1. The van der Waals surface area contributed by atoms with Gasteiger partial charge in [-0.3, -0.25) is 9.48 Å². The van der Waals surface area contributed by atoms with Crippen LogP contribution in [0.2, 0.25) is 0 Å². The Kier molecular flexibility index (Phi) is 4.61. The molecule has 8 nitrogen and oxygen atoms in total. The van der Waals surface area contributed by atoms with E-state index in [-0.39, 0.29) is 5.91 Å². The first-order valence-corrected chi connectivity index (χ1v) is 8.47. The molecule has 0 N–H and O–H groups in total. The molecule has 8 heteroatoms. The molecule has 2 aromatic rings. The molecule has 0 bridgehead atoms. The molecular weight excluding hydrogens is 318 g/mol. The van der Waals surface area contributed by atoms with Crippen LogP contribution >= 0.6 is 0 Å². The van der Waals surface area contributed by atoms with Crippen molar-refractivity contribution in [3.8, 4) is 0 Å². The zero-order valence-electron chi connectivity index (χ0n) is 15.5. The molecule has 0 fully saturated rings. The highest BCUT2D eigenvalue weighted by atomic mass is 16.2. The lowest BCUT2D eigenvalue weighted by Gasteiger charge is -2.30. The van der Waals surface area contributed by atoms with E-state index in [0.717, 1.165) is 30.0 Å². The summed E-state index contributed by atoms with van der Waals surface area (Å²) in [6.45, 7) is 3.89. The van der Waals surface area contributed by atoms with Gasteiger partial charge in [0.15, 0.2) is 0 Å². The highest BCUT2D eigenvalue weighted by Crippen LogP contribution is 2.27. The van der Waals surface area contributed by atoms with E-state index in [1.54, 1.807) is 10.7 Å². The van der Waals surface area contributed by atoms with Gasteiger partial charge in [0, 0.05) is 53.0 Å². The average Bonchev–Trinajstić information content (AvgIpc) is 3.08. The summed E-state index contributed by atoms with van der Waals surface area (Å²) in [6, 6.07) is 1.78. The number of carbonyl (C=O) groups excluding carboxylic acids is 1. The standard InChI is InChI=1S/C17H25N7O/c1-6-24-10-8-13(20-24)16(25)23-9-7-12-14(11-23)18-17(22(4)5)19-15(12)21(2)3/h8,10H,6-7,9,11H2,1-5H3. The van der Waals surface area contributed by atoms with Crippen LogP contribution in [-0.4, -0.2) is 65.3 Å². The van der Waals surface area contributed by atoms with Crippen molar-refractivity contribution in [1.29, 1.82) is 0 Å². The van der Waals surface area contributed by atoms with E-state index in [1.165, 1.54) is 0 Å². The smallest absolute Gasteiger partial charge is 0.274 e. The minimum Gasteiger partial charge on any atom is -0.362 e. The second-order valence-electron chi connectivity index (χ2n) is 6.59. The highest BCUT2D eigenvalue weighted by molar-refractivity contribution is 5.92. The van der Waals surface area contributed by atoms with Gasteiger partial charge < -0.3 is 14.7 Å². The van der Waals surface area contributed by atoms with Gasteiger partial charge in [-0.1, -0.05) is 0 Å². The van der Waals surface area contributed by atoms with Crippen LogP contribution in [0.5, 0.6) is 0 Å². The van der Waals surface area contributed by atoms with E-state index >= 15 is 0 Å². The minimum absolute atomic E-state index is 0.0470. The van der Waals surface area contributed by atoms with Crippen LogP contribution in [0.1, 0.15) is 28.7 Å². The third-order valence-electron chi connectivity index (χ3n) is 4.33. The van der Waals surface area contributed by atoms with Crippen LogP contribution in [0.15, 0.2) is 12.3 Å². The maximum atomic E-state index is 12.8. The van der Waals surface area contributed by atoms with Gasteiger partial charge in [0.2, 0.25) is 5.95 Å². The first-order chi connectivity index (χ1) is 11.9. The number of aromatic nitrogens is 4. The van der Waals surface area contributed by atoms with Gasteiger partial charge in [0.05, 0.1) is 12.2 Å². The van der Waals surface area contributed by atoms with Crippen molar-refractivity contribution in [3.05, 3.63) is 29.2 Å². The van der Waals surface area contributed by atoms with Crippen molar-refractivity contribution in [2.75, 3.05) is 44.5 Å². The summed E-state index contributed by atoms with van der Waals surface area (Å²) < 4.78 is 1.77. The Morgan fingerprint density at radius 2 is 1.96 bits per heavy atom. The monoisotopic (exact) mass is 343 g/mol. The number of aryl methyl sites for hydroxylation is 1. The quantitative estimate of drug-likeness (QED) is 0.826. The molecule has 0 spiro atoms. The molecule has 1 aliphatic heterocycles. The molecule has 1 amide bonds. The second kappa shape index (κ2) is 6.70. The molecule has 0 aromatic carbocycles. The molecule has 0 atom stereocenters. The van der Waals surface area contributed by atoms with Gasteiger partial charge in [-0.05, 0) is 19.4 Å². The predicted octanol–water partition coefficient (Wildman–Crippen LogP) is 1.02. The molecule has 25 heavy (non-hydrogen) atoms. The summed E-state index contributed by atoms with van der Waals surface area (Å²) in [7, 11) is 7.81. The van der Waals surface area contributed by atoms with Gasteiger partial charge >= 0.3 is 0 Å². The number of anilines is 2. The summed E-state index contributed by atoms with van der Waals surface area (Å²) in [4.78, 5) is 27.8. The van der Waals surface area contributed by atoms with Crippen molar-refractivity contribution in [2.45, 2.75) is 26.4 Å². The van der Waals surface area contributed by atoms with Crippen molar-refractivity contribution in [2.24, 2.45) is 0 Å². The molecule has 2 aromatic heterocycles. The first kappa shape index (κ1) is 17.2. The van der Waals surface area contributed by atoms with Gasteiger partial charge in [-0.2, -0.15) is 10.1 Å². The Bertz CT molecular complexity index is 781. The lowest BCUT2D eigenvalue weighted by molar-refractivity contribution is 0.0725. The fourth-order valence-corrected chi connectivity index (χ4v) is 2.96. The van der Waals surface area contributed by atoms with E-state index < -0.39 is 0 Å². The lowest BCUT2D eigenvalue weighted by Crippen LogP contribution is -2.38. The molecule has 0 saturated heterocycles. The molecule has 3 heterocycles. The lowest BCUT2D eigenvalue weighted by atomic mass is 10.0. The fraction of sp³-hybridized carbons (Fsp3) is 0.529. The molecular formula is C17H25N7O. The van der Waals surface area contributed by atoms with Crippen LogP contribution in [0.3, 0.4) is 0 Å². The number of fused-ring (bicyclic) bond motifs is 1. The normalized spacial score (nSPS) is 13.6. The van der Waals surface area contributed by atoms with Gasteiger partial charge in [-0.25, -0.2) is 4.98 Å². The van der Waals surface area contributed by atoms with Crippen molar-refractivity contribution < 1.29 is 4.79 Å². The predicted molar refractivity (Wildman–Crippen MR) is 97.0 cm³/mol. The zero-order chi connectivity index (χ0) is 18.1. The van der Waals surface area contributed by atoms with E-state index in [0.29, 0.717) is 24.7 Å². The molecule has 0 unspecified atom stereocenters. The number of hydrogen-bond acceptors (Lipinski definition) is 6.